The van der Waals surface area contributed by atoms with Crippen LogP contribution in [0.4, 0.5) is 0 Å². The predicted molar refractivity (Wildman–Crippen MR) is 281 cm³/mol. The molecule has 1 fully saturated rings. The average Bonchev–Trinajstić information content (AvgIpc) is 3.34. The fourth-order valence-corrected chi connectivity index (χ4v) is 9.71. The third-order valence-electron chi connectivity index (χ3n) is 13.2. The number of esters is 1. The molecule has 69 heavy (non-hydrogen) atoms. The summed E-state index contributed by atoms with van der Waals surface area (Å²) in [6.45, 7) is 4.28. The number of carbonyl (C=O) groups is 1. The molecule has 0 aromatic heterocycles. The molecular weight excluding hydrogens is 896 g/mol. The number of carbonyl (C=O) groups excluding carboxylic acids is 1. The minimum Gasteiger partial charge on any atom is -0.457 e. The van der Waals surface area contributed by atoms with Crippen molar-refractivity contribution < 1.29 is 58.3 Å². The Kier molecular flexibility index (Phi) is 44.1. The molecule has 1 rings (SSSR count). The molecular formula is C56H105O12P. The van der Waals surface area contributed by atoms with E-state index in [1.807, 2.05) is 0 Å². The fourth-order valence-electron chi connectivity index (χ4n) is 8.74. The van der Waals surface area contributed by atoms with Crippen molar-refractivity contribution in [1.29, 1.82) is 0 Å². The number of ether oxygens (including phenoxy) is 2. The van der Waals surface area contributed by atoms with E-state index in [4.69, 9.17) is 18.5 Å². The fraction of sp³-hybridized carbons (Fsp3) is 0.875. The molecule has 406 valence electrons. The first-order chi connectivity index (χ1) is 33.5. The highest BCUT2D eigenvalue weighted by Crippen LogP contribution is 2.47. The molecule has 1 aliphatic rings. The van der Waals surface area contributed by atoms with Gasteiger partial charge in [0.2, 0.25) is 0 Å². The van der Waals surface area contributed by atoms with Gasteiger partial charge in [0.15, 0.2) is 0 Å². The Labute approximate surface area is 421 Å². The summed E-state index contributed by atoms with van der Waals surface area (Å²) in [7, 11) is -5.03. The minimum absolute atomic E-state index is 0.0774. The summed E-state index contributed by atoms with van der Waals surface area (Å²) in [4.78, 5) is 23.3. The molecule has 0 saturated heterocycles. The van der Waals surface area contributed by atoms with Gasteiger partial charge in [-0.3, -0.25) is 13.8 Å². The van der Waals surface area contributed by atoms with Crippen molar-refractivity contribution in [3.63, 3.8) is 0 Å². The molecule has 0 radical (unpaired) electrons. The summed E-state index contributed by atoms with van der Waals surface area (Å²) in [5, 5.41) is 50.4. The third-order valence-corrected chi connectivity index (χ3v) is 14.2. The normalized spacial score (nSPS) is 21.2. The van der Waals surface area contributed by atoms with Crippen LogP contribution in [0.5, 0.6) is 0 Å². The second-order valence-electron chi connectivity index (χ2n) is 19.8. The number of hydrogen-bond acceptors (Lipinski definition) is 11. The minimum atomic E-state index is -5.03. The largest absolute Gasteiger partial charge is 0.472 e. The molecule has 0 aromatic rings. The lowest BCUT2D eigenvalue weighted by Crippen LogP contribution is -2.64. The molecule has 1 saturated carbocycles. The number of allylic oxidation sites excluding steroid dienone is 6. The van der Waals surface area contributed by atoms with Crippen molar-refractivity contribution in [3.05, 3.63) is 36.5 Å². The van der Waals surface area contributed by atoms with Gasteiger partial charge in [0.1, 0.15) is 42.7 Å². The Morgan fingerprint density at radius 3 is 1.23 bits per heavy atom. The van der Waals surface area contributed by atoms with Gasteiger partial charge in [-0.25, -0.2) is 4.57 Å². The van der Waals surface area contributed by atoms with Crippen LogP contribution < -0.4 is 0 Å². The van der Waals surface area contributed by atoms with E-state index in [2.05, 4.69) is 50.3 Å². The van der Waals surface area contributed by atoms with Gasteiger partial charge in [-0.15, -0.1) is 0 Å². The van der Waals surface area contributed by atoms with Crippen molar-refractivity contribution in [2.24, 2.45) is 0 Å². The Bertz CT molecular complexity index is 1280. The summed E-state index contributed by atoms with van der Waals surface area (Å²) in [6, 6.07) is 0. The Morgan fingerprint density at radius 2 is 0.812 bits per heavy atom. The van der Waals surface area contributed by atoms with Crippen LogP contribution >= 0.6 is 7.82 Å². The number of hydrogen-bond donors (Lipinski definition) is 6. The highest BCUT2D eigenvalue weighted by atomic mass is 31.2. The van der Waals surface area contributed by atoms with E-state index in [0.29, 0.717) is 13.0 Å². The van der Waals surface area contributed by atoms with E-state index in [0.717, 1.165) is 51.4 Å². The molecule has 6 N–H and O–H groups in total. The summed E-state index contributed by atoms with van der Waals surface area (Å²) in [5.74, 6) is -0.479. The van der Waals surface area contributed by atoms with Gasteiger partial charge in [-0.2, -0.15) is 0 Å². The molecule has 1 aliphatic carbocycles. The molecule has 0 amide bonds. The van der Waals surface area contributed by atoms with E-state index < -0.39 is 63.1 Å². The van der Waals surface area contributed by atoms with E-state index >= 15 is 0 Å². The Hall–Kier alpha value is -1.44. The van der Waals surface area contributed by atoms with Crippen molar-refractivity contribution in [2.45, 2.75) is 294 Å². The van der Waals surface area contributed by atoms with Gasteiger partial charge in [0.25, 0.3) is 0 Å². The van der Waals surface area contributed by atoms with E-state index in [-0.39, 0.29) is 13.0 Å². The quantitative estimate of drug-likeness (QED) is 0.0146. The smallest absolute Gasteiger partial charge is 0.457 e. The van der Waals surface area contributed by atoms with Gasteiger partial charge in [0.05, 0.1) is 13.2 Å². The van der Waals surface area contributed by atoms with Crippen LogP contribution in [-0.4, -0.2) is 98.9 Å². The second-order valence-corrected chi connectivity index (χ2v) is 21.2. The molecule has 0 bridgehead atoms. The van der Waals surface area contributed by atoms with Gasteiger partial charge >= 0.3 is 13.8 Å². The van der Waals surface area contributed by atoms with E-state index in [9.17, 15) is 39.8 Å². The first kappa shape index (κ1) is 65.6. The van der Waals surface area contributed by atoms with Crippen LogP contribution in [0.2, 0.25) is 0 Å². The van der Waals surface area contributed by atoms with Crippen LogP contribution in [0.1, 0.15) is 251 Å². The topological polar surface area (TPSA) is 192 Å². The first-order valence-corrected chi connectivity index (χ1v) is 29.8. The van der Waals surface area contributed by atoms with Gasteiger partial charge in [-0.05, 0) is 70.6 Å². The summed E-state index contributed by atoms with van der Waals surface area (Å²) < 4.78 is 34.4. The van der Waals surface area contributed by atoms with Crippen molar-refractivity contribution >= 4 is 13.8 Å². The third kappa shape index (κ3) is 37.9. The molecule has 0 heterocycles. The zero-order chi connectivity index (χ0) is 50.5. The zero-order valence-corrected chi connectivity index (χ0v) is 44.8. The van der Waals surface area contributed by atoms with Crippen LogP contribution in [0.3, 0.4) is 0 Å². The van der Waals surface area contributed by atoms with Crippen LogP contribution in [0, 0.1) is 0 Å². The average molecular weight is 1000 g/mol. The number of aliphatic hydroxyl groups is 5. The lowest BCUT2D eigenvalue weighted by atomic mass is 9.85. The number of rotatable bonds is 49. The number of phosphoric acid groups is 1. The maximum Gasteiger partial charge on any atom is 0.472 e. The molecule has 13 heteroatoms. The van der Waals surface area contributed by atoms with Crippen LogP contribution in [-0.2, 0) is 27.9 Å². The standard InChI is InChI=1S/C56H105O12P/c1-3-5-7-9-11-13-15-17-19-21-23-24-25-26-27-28-30-32-34-36-38-40-42-44-46-65-47-49(48-66-69(63,64)68-56-54(61)52(59)51(58)53(60)55(56)62)67-50(57)45-43-41-39-37-35-33-31-29-22-20-18-16-14-12-10-8-6-4-2/h15,17,20-23,49,51-56,58-62H,3-14,16,18-19,24-48H2,1-2H3,(H,63,64)/b17-15-,22-20-,23-21-. The van der Waals surface area contributed by atoms with Crippen molar-refractivity contribution in [3.8, 4) is 0 Å². The first-order valence-electron chi connectivity index (χ1n) is 28.3. The van der Waals surface area contributed by atoms with Crippen LogP contribution in [0.25, 0.3) is 0 Å². The van der Waals surface area contributed by atoms with Gasteiger partial charge in [-0.1, -0.05) is 211 Å². The number of aliphatic hydroxyl groups excluding tert-OH is 5. The summed E-state index contributed by atoms with van der Waals surface area (Å²) in [5.41, 5.74) is 0. The molecule has 6 unspecified atom stereocenters. The van der Waals surface area contributed by atoms with Gasteiger partial charge < -0.3 is 39.9 Å². The Balaban J connectivity index is 2.28. The van der Waals surface area contributed by atoms with Crippen molar-refractivity contribution in [2.75, 3.05) is 19.8 Å². The predicted octanol–water partition coefficient (Wildman–Crippen LogP) is 13.4. The SMILES string of the molecule is CCCCCCC/C=C\C/C=C\CCCCCCCCCCCCCCOCC(COP(=O)(O)OC1C(O)C(O)C(O)C(O)C1O)OC(=O)CCCCCCCCC/C=C\CCCCCCCCC. The van der Waals surface area contributed by atoms with E-state index in [1.54, 1.807) is 0 Å². The van der Waals surface area contributed by atoms with Crippen molar-refractivity contribution in [1.82, 2.24) is 0 Å². The highest BCUT2D eigenvalue weighted by Gasteiger charge is 2.51. The molecule has 6 atom stereocenters. The maximum absolute atomic E-state index is 12.9. The zero-order valence-electron chi connectivity index (χ0n) is 43.9. The molecule has 0 aliphatic heterocycles. The molecule has 12 nitrogen and oxygen atoms in total. The lowest BCUT2D eigenvalue weighted by Gasteiger charge is -2.41. The summed E-state index contributed by atoms with van der Waals surface area (Å²) >= 11 is 0. The Morgan fingerprint density at radius 1 is 0.464 bits per heavy atom. The number of phosphoric ester groups is 1. The summed E-state index contributed by atoms with van der Waals surface area (Å²) in [6.07, 6.45) is 45.0. The number of unbranched alkanes of at least 4 members (excludes halogenated alkanes) is 31. The second kappa shape index (κ2) is 46.4. The lowest BCUT2D eigenvalue weighted by molar-refractivity contribution is -0.220. The van der Waals surface area contributed by atoms with E-state index in [1.165, 1.54) is 173 Å². The maximum atomic E-state index is 12.9. The van der Waals surface area contributed by atoms with Gasteiger partial charge in [0, 0.05) is 13.0 Å². The molecule has 0 spiro atoms. The molecule has 0 aromatic carbocycles. The monoisotopic (exact) mass is 1000 g/mol. The van der Waals surface area contributed by atoms with Crippen LogP contribution in [0.15, 0.2) is 36.5 Å². The highest BCUT2D eigenvalue weighted by molar-refractivity contribution is 7.47.